The number of rotatable bonds is 6. The third-order valence-corrected chi connectivity index (χ3v) is 5.65. The molecule has 2 aromatic rings. The first-order chi connectivity index (χ1) is 12.3. The van der Waals surface area contributed by atoms with Crippen molar-refractivity contribution in [2.45, 2.75) is 25.7 Å². The van der Waals surface area contributed by atoms with Crippen LogP contribution in [0.25, 0.3) is 0 Å². The van der Waals surface area contributed by atoms with E-state index >= 15 is 0 Å². The average Bonchev–Trinajstić information content (AvgIpc) is 2.97. The molecule has 0 aliphatic carbocycles. The van der Waals surface area contributed by atoms with E-state index in [0.29, 0.717) is 6.54 Å². The second-order valence-corrected chi connectivity index (χ2v) is 8.29. The van der Waals surface area contributed by atoms with Crippen LogP contribution in [-0.4, -0.2) is 33.7 Å². The smallest absolute Gasteiger partial charge is 0.414 e. The fraction of sp³-hybridized carbons (Fsp3) is 0.316. The fourth-order valence-electron chi connectivity index (χ4n) is 2.81. The molecule has 0 bridgehead atoms. The predicted octanol–water partition coefficient (Wildman–Crippen LogP) is 2.75. The van der Waals surface area contributed by atoms with Gasteiger partial charge in [-0.1, -0.05) is 42.0 Å². The van der Waals surface area contributed by atoms with Crippen molar-refractivity contribution < 1.29 is 17.9 Å². The molecule has 0 spiro atoms. The zero-order chi connectivity index (χ0) is 18.7. The topological polar surface area (TPSA) is 75.7 Å². The summed E-state index contributed by atoms with van der Waals surface area (Å²) in [6.07, 6.45) is -0.979. The quantitative estimate of drug-likeness (QED) is 0.844. The van der Waals surface area contributed by atoms with Crippen molar-refractivity contribution in [3.63, 3.8) is 0 Å². The number of carbonyl (C=O) groups excluding carboxylic acids is 1. The van der Waals surface area contributed by atoms with Gasteiger partial charge in [0, 0.05) is 12.2 Å². The molecule has 1 unspecified atom stereocenters. The van der Waals surface area contributed by atoms with Crippen LogP contribution in [0.5, 0.6) is 0 Å². The molecular formula is C19H22N2O4S. The largest absolute Gasteiger partial charge is 0.443 e. The van der Waals surface area contributed by atoms with Gasteiger partial charge < -0.3 is 4.74 Å². The molecule has 1 aliphatic rings. The Morgan fingerprint density at radius 1 is 1.12 bits per heavy atom. The standard InChI is InChI=1S/C19H22N2O4S/c1-14-7-9-17(10-8-14)21-12-18(25-19(21)22)11-20-26(23,24)13-16-6-4-3-5-15(16)2/h3-10,18,20H,11-13H2,1-2H3. The number of anilines is 1. The Kier molecular flexibility index (Phi) is 5.29. The molecule has 1 aliphatic heterocycles. The number of sulfonamides is 1. The number of hydrogen-bond donors (Lipinski definition) is 1. The highest BCUT2D eigenvalue weighted by molar-refractivity contribution is 7.88. The number of carbonyl (C=O) groups is 1. The summed E-state index contributed by atoms with van der Waals surface area (Å²) in [6, 6.07) is 14.9. The van der Waals surface area contributed by atoms with Crippen LogP contribution in [0, 0.1) is 13.8 Å². The lowest BCUT2D eigenvalue weighted by atomic mass is 10.1. The monoisotopic (exact) mass is 374 g/mol. The molecule has 1 amide bonds. The van der Waals surface area contributed by atoms with Crippen molar-refractivity contribution in [2.24, 2.45) is 0 Å². The lowest BCUT2D eigenvalue weighted by molar-refractivity contribution is 0.143. The van der Waals surface area contributed by atoms with Crippen molar-refractivity contribution in [3.8, 4) is 0 Å². The van der Waals surface area contributed by atoms with Crippen LogP contribution in [0.2, 0.25) is 0 Å². The van der Waals surface area contributed by atoms with Gasteiger partial charge in [-0.3, -0.25) is 4.90 Å². The number of ether oxygens (including phenoxy) is 1. The summed E-state index contributed by atoms with van der Waals surface area (Å²) in [7, 11) is -3.51. The number of aryl methyl sites for hydroxylation is 2. The Labute approximate surface area is 153 Å². The Morgan fingerprint density at radius 2 is 1.81 bits per heavy atom. The van der Waals surface area contributed by atoms with Crippen LogP contribution in [0.15, 0.2) is 48.5 Å². The normalized spacial score (nSPS) is 17.4. The van der Waals surface area contributed by atoms with Crippen LogP contribution < -0.4 is 9.62 Å². The molecule has 3 rings (SSSR count). The van der Waals surface area contributed by atoms with Gasteiger partial charge in [0.1, 0.15) is 6.10 Å². The third kappa shape index (κ3) is 4.42. The maximum Gasteiger partial charge on any atom is 0.414 e. The summed E-state index contributed by atoms with van der Waals surface area (Å²) in [6.45, 7) is 4.22. The zero-order valence-corrected chi connectivity index (χ0v) is 15.6. The van der Waals surface area contributed by atoms with E-state index in [1.54, 1.807) is 6.07 Å². The van der Waals surface area contributed by atoms with E-state index < -0.39 is 22.2 Å². The third-order valence-electron chi connectivity index (χ3n) is 4.36. The van der Waals surface area contributed by atoms with Crippen LogP contribution in [0.3, 0.4) is 0 Å². The molecule has 1 atom stereocenters. The van der Waals surface area contributed by atoms with Crippen molar-refractivity contribution in [2.75, 3.05) is 18.0 Å². The summed E-state index contributed by atoms with van der Waals surface area (Å²) in [4.78, 5) is 13.6. The SMILES string of the molecule is Cc1ccc(N2CC(CNS(=O)(=O)Cc3ccccc3C)OC2=O)cc1. The van der Waals surface area contributed by atoms with Gasteiger partial charge in [-0.05, 0) is 37.1 Å². The predicted molar refractivity (Wildman–Crippen MR) is 101 cm³/mol. The van der Waals surface area contributed by atoms with Crippen LogP contribution >= 0.6 is 0 Å². The summed E-state index contributed by atoms with van der Waals surface area (Å²) in [5.41, 5.74) is 3.52. The number of benzene rings is 2. The van der Waals surface area contributed by atoms with E-state index in [4.69, 9.17) is 4.74 Å². The maximum absolute atomic E-state index is 12.3. The van der Waals surface area contributed by atoms with Gasteiger partial charge in [0.15, 0.2) is 0 Å². The minimum absolute atomic E-state index is 0.0579. The van der Waals surface area contributed by atoms with Gasteiger partial charge in [0.25, 0.3) is 0 Å². The number of cyclic esters (lactones) is 1. The Bertz CT molecular complexity index is 894. The first-order valence-corrected chi connectivity index (χ1v) is 10.1. The van der Waals surface area contributed by atoms with Crippen LogP contribution in [0.1, 0.15) is 16.7 Å². The van der Waals surface area contributed by atoms with E-state index in [1.807, 2.05) is 56.3 Å². The molecule has 138 valence electrons. The van der Waals surface area contributed by atoms with E-state index in [1.165, 1.54) is 4.90 Å². The first kappa shape index (κ1) is 18.4. The minimum atomic E-state index is -3.51. The summed E-state index contributed by atoms with van der Waals surface area (Å²) in [5, 5.41) is 0. The Hall–Kier alpha value is -2.38. The zero-order valence-electron chi connectivity index (χ0n) is 14.8. The van der Waals surface area contributed by atoms with Crippen molar-refractivity contribution in [1.29, 1.82) is 0 Å². The molecule has 26 heavy (non-hydrogen) atoms. The first-order valence-electron chi connectivity index (χ1n) is 8.41. The number of nitrogens with one attached hydrogen (secondary N) is 1. The molecule has 0 saturated carbocycles. The van der Waals surface area contributed by atoms with Gasteiger partial charge >= 0.3 is 6.09 Å². The van der Waals surface area contributed by atoms with Gasteiger partial charge in [-0.2, -0.15) is 0 Å². The molecule has 1 saturated heterocycles. The van der Waals surface area contributed by atoms with Crippen LogP contribution in [-0.2, 0) is 20.5 Å². The summed E-state index contributed by atoms with van der Waals surface area (Å²) >= 11 is 0. The molecule has 1 heterocycles. The highest BCUT2D eigenvalue weighted by Gasteiger charge is 2.33. The lowest BCUT2D eigenvalue weighted by Gasteiger charge is -2.13. The molecule has 1 fully saturated rings. The van der Waals surface area contributed by atoms with Crippen molar-refractivity contribution >= 4 is 21.8 Å². The van der Waals surface area contributed by atoms with Crippen molar-refractivity contribution in [3.05, 3.63) is 65.2 Å². The van der Waals surface area contributed by atoms with Gasteiger partial charge in [-0.15, -0.1) is 0 Å². The number of nitrogens with zero attached hydrogens (tertiary/aromatic N) is 1. The summed E-state index contributed by atoms with van der Waals surface area (Å²) in [5.74, 6) is -0.0952. The van der Waals surface area contributed by atoms with E-state index in [0.717, 1.165) is 22.4 Å². The molecule has 0 radical (unpaired) electrons. The van der Waals surface area contributed by atoms with Gasteiger partial charge in [-0.25, -0.2) is 17.9 Å². The second kappa shape index (κ2) is 7.47. The highest BCUT2D eigenvalue weighted by Crippen LogP contribution is 2.22. The highest BCUT2D eigenvalue weighted by atomic mass is 32.2. The fourth-order valence-corrected chi connectivity index (χ4v) is 4.09. The molecular weight excluding hydrogens is 352 g/mol. The van der Waals surface area contributed by atoms with Crippen molar-refractivity contribution in [1.82, 2.24) is 4.72 Å². The van der Waals surface area contributed by atoms with Gasteiger partial charge in [0.05, 0.1) is 12.3 Å². The Morgan fingerprint density at radius 3 is 2.50 bits per heavy atom. The molecule has 6 nitrogen and oxygen atoms in total. The van der Waals surface area contributed by atoms with Gasteiger partial charge in [0.2, 0.25) is 10.0 Å². The van der Waals surface area contributed by atoms with E-state index in [9.17, 15) is 13.2 Å². The van der Waals surface area contributed by atoms with E-state index in [2.05, 4.69) is 4.72 Å². The Balaban J connectivity index is 1.59. The molecule has 0 aromatic heterocycles. The second-order valence-electron chi connectivity index (χ2n) is 6.49. The summed E-state index contributed by atoms with van der Waals surface area (Å²) < 4.78 is 32.5. The average molecular weight is 374 g/mol. The van der Waals surface area contributed by atoms with Crippen LogP contribution in [0.4, 0.5) is 10.5 Å². The number of hydrogen-bond acceptors (Lipinski definition) is 4. The minimum Gasteiger partial charge on any atom is -0.443 e. The number of amides is 1. The maximum atomic E-state index is 12.3. The molecule has 1 N–H and O–H groups in total. The van der Waals surface area contributed by atoms with E-state index in [-0.39, 0.29) is 12.3 Å². The molecule has 7 heteroatoms. The lowest BCUT2D eigenvalue weighted by Crippen LogP contribution is -2.35. The molecule has 2 aromatic carbocycles.